The molecule has 7 heteroatoms. The summed E-state index contributed by atoms with van der Waals surface area (Å²) in [4.78, 5) is 21.5. The maximum Gasteiger partial charge on any atom is 0.251 e. The lowest BCUT2D eigenvalue weighted by Gasteiger charge is -2.37. The van der Waals surface area contributed by atoms with Gasteiger partial charge in [0.05, 0.1) is 6.54 Å². The molecule has 3 aliphatic heterocycles. The average molecular weight is 386 g/mol. The van der Waals surface area contributed by atoms with Crippen LogP contribution in [0, 0.1) is 0 Å². The van der Waals surface area contributed by atoms with Gasteiger partial charge in [0.1, 0.15) is 18.0 Å². The van der Waals surface area contributed by atoms with Crippen LogP contribution in [0.4, 0.5) is 0 Å². The van der Waals surface area contributed by atoms with Gasteiger partial charge in [0.2, 0.25) is 0 Å². The topological polar surface area (TPSA) is 66.4 Å². The monoisotopic (exact) mass is 386 g/mol. The number of para-hydroxylation sites is 1. The number of nitrogens with zero attached hydrogens (tertiary/aromatic N) is 3. The molecule has 2 saturated heterocycles. The maximum atomic E-state index is 12.5. The van der Waals surface area contributed by atoms with E-state index in [-0.39, 0.29) is 18.1 Å². The largest absolute Gasteiger partial charge is 0.488 e. The van der Waals surface area contributed by atoms with Gasteiger partial charge in [-0.2, -0.15) is 0 Å². The highest BCUT2D eigenvalue weighted by Crippen LogP contribution is 2.28. The van der Waals surface area contributed by atoms with Gasteiger partial charge in [-0.1, -0.05) is 18.2 Å². The Bertz CT molecular complexity index is 684. The second-order valence-corrected chi connectivity index (χ2v) is 7.56. The van der Waals surface area contributed by atoms with Crippen LogP contribution in [0.25, 0.3) is 0 Å². The molecular weight excluding hydrogens is 356 g/mol. The zero-order valence-corrected chi connectivity index (χ0v) is 16.6. The molecule has 0 aliphatic carbocycles. The van der Waals surface area contributed by atoms with Crippen molar-refractivity contribution in [3.63, 3.8) is 0 Å². The number of amides is 1. The van der Waals surface area contributed by atoms with Crippen molar-refractivity contribution >= 4 is 11.9 Å². The van der Waals surface area contributed by atoms with Gasteiger partial charge in [-0.25, -0.2) is 4.99 Å². The SMILES string of the molecule is CCNC(=NCC1Cc2ccccc2O1)N1CCN(C(=O)C2CCCO2)CC1. The van der Waals surface area contributed by atoms with Gasteiger partial charge in [-0.05, 0) is 31.4 Å². The number of ether oxygens (including phenoxy) is 2. The quantitative estimate of drug-likeness (QED) is 0.624. The lowest BCUT2D eigenvalue weighted by molar-refractivity contribution is -0.142. The highest BCUT2D eigenvalue weighted by atomic mass is 16.5. The summed E-state index contributed by atoms with van der Waals surface area (Å²) < 4.78 is 11.6. The highest BCUT2D eigenvalue weighted by molar-refractivity contribution is 5.82. The van der Waals surface area contributed by atoms with E-state index in [0.717, 1.165) is 50.6 Å². The molecule has 1 N–H and O–H groups in total. The standard InChI is InChI=1S/C21H30N4O3/c1-2-22-21(23-15-17-14-16-6-3-4-7-18(16)28-17)25-11-9-24(10-12-25)20(26)19-8-5-13-27-19/h3-4,6-7,17,19H,2,5,8-15H2,1H3,(H,22,23). The minimum Gasteiger partial charge on any atom is -0.488 e. The van der Waals surface area contributed by atoms with E-state index in [2.05, 4.69) is 29.3 Å². The first-order valence-corrected chi connectivity index (χ1v) is 10.4. The molecule has 2 atom stereocenters. The maximum absolute atomic E-state index is 12.5. The van der Waals surface area contributed by atoms with Crippen LogP contribution in [0.15, 0.2) is 29.3 Å². The van der Waals surface area contributed by atoms with E-state index in [1.165, 1.54) is 5.56 Å². The lowest BCUT2D eigenvalue weighted by Crippen LogP contribution is -2.55. The molecule has 1 aromatic carbocycles. The summed E-state index contributed by atoms with van der Waals surface area (Å²) in [5.41, 5.74) is 1.26. The van der Waals surface area contributed by atoms with Crippen molar-refractivity contribution in [2.75, 3.05) is 45.9 Å². The predicted octanol–water partition coefficient (Wildman–Crippen LogP) is 1.28. The van der Waals surface area contributed by atoms with Crippen LogP contribution in [0.3, 0.4) is 0 Å². The number of rotatable bonds is 4. The van der Waals surface area contributed by atoms with E-state index in [1.807, 2.05) is 17.0 Å². The van der Waals surface area contributed by atoms with E-state index in [4.69, 9.17) is 14.5 Å². The molecule has 2 unspecified atom stereocenters. The molecule has 2 fully saturated rings. The first-order valence-electron chi connectivity index (χ1n) is 10.4. The summed E-state index contributed by atoms with van der Waals surface area (Å²) in [5.74, 6) is 2.04. The van der Waals surface area contributed by atoms with Gasteiger partial charge >= 0.3 is 0 Å². The summed E-state index contributed by atoms with van der Waals surface area (Å²) in [6.45, 7) is 7.25. The third-order valence-electron chi connectivity index (χ3n) is 5.59. The molecule has 1 aromatic rings. The van der Waals surface area contributed by atoms with Crippen molar-refractivity contribution in [3.05, 3.63) is 29.8 Å². The second-order valence-electron chi connectivity index (χ2n) is 7.56. The van der Waals surface area contributed by atoms with E-state index < -0.39 is 0 Å². The molecule has 0 bridgehead atoms. The van der Waals surface area contributed by atoms with Gasteiger partial charge in [-0.3, -0.25) is 4.79 Å². The second kappa shape index (κ2) is 8.82. The van der Waals surface area contributed by atoms with Gasteiger partial charge in [0.15, 0.2) is 5.96 Å². The summed E-state index contributed by atoms with van der Waals surface area (Å²) in [6.07, 6.45) is 2.61. The smallest absolute Gasteiger partial charge is 0.251 e. The molecule has 0 radical (unpaired) electrons. The minimum absolute atomic E-state index is 0.0911. The fourth-order valence-electron chi connectivity index (χ4n) is 4.08. The number of hydrogen-bond donors (Lipinski definition) is 1. The Kier molecular flexibility index (Phi) is 6.00. The third kappa shape index (κ3) is 4.24. The Morgan fingerprint density at radius 3 is 2.71 bits per heavy atom. The first-order chi connectivity index (χ1) is 13.7. The molecule has 0 aromatic heterocycles. The molecule has 0 saturated carbocycles. The van der Waals surface area contributed by atoms with Crippen LogP contribution >= 0.6 is 0 Å². The normalized spacial score (nSPS) is 24.8. The number of benzene rings is 1. The highest BCUT2D eigenvalue weighted by Gasteiger charge is 2.31. The van der Waals surface area contributed by atoms with Crippen molar-refractivity contribution in [2.45, 2.75) is 38.4 Å². The fourth-order valence-corrected chi connectivity index (χ4v) is 4.08. The summed E-state index contributed by atoms with van der Waals surface area (Å²) in [7, 11) is 0. The Morgan fingerprint density at radius 2 is 2.00 bits per heavy atom. The molecule has 3 aliphatic rings. The molecule has 4 rings (SSSR count). The van der Waals surface area contributed by atoms with Gasteiger partial charge in [-0.15, -0.1) is 0 Å². The van der Waals surface area contributed by atoms with Gasteiger partial charge in [0.25, 0.3) is 5.91 Å². The minimum atomic E-state index is -0.227. The predicted molar refractivity (Wildman–Crippen MR) is 108 cm³/mol. The number of guanidine groups is 1. The summed E-state index contributed by atoms with van der Waals surface area (Å²) >= 11 is 0. The Labute approximate surface area is 166 Å². The van der Waals surface area contributed by atoms with Crippen LogP contribution in [-0.2, 0) is 16.0 Å². The van der Waals surface area contributed by atoms with Crippen LogP contribution in [0.1, 0.15) is 25.3 Å². The fraction of sp³-hybridized carbons (Fsp3) is 0.619. The molecule has 28 heavy (non-hydrogen) atoms. The average Bonchev–Trinajstić information content (AvgIpc) is 3.40. The van der Waals surface area contributed by atoms with Crippen LogP contribution in [-0.4, -0.2) is 79.7 Å². The number of fused-ring (bicyclic) bond motifs is 1. The van der Waals surface area contributed by atoms with Crippen molar-refractivity contribution < 1.29 is 14.3 Å². The number of piperazine rings is 1. The Balaban J connectivity index is 1.31. The number of carbonyl (C=O) groups excluding carboxylic acids is 1. The Morgan fingerprint density at radius 1 is 1.21 bits per heavy atom. The number of aliphatic imine (C=N–C) groups is 1. The zero-order chi connectivity index (χ0) is 19.3. The molecule has 0 spiro atoms. The van der Waals surface area contributed by atoms with E-state index in [1.54, 1.807) is 0 Å². The molecule has 7 nitrogen and oxygen atoms in total. The molecule has 3 heterocycles. The van der Waals surface area contributed by atoms with Crippen molar-refractivity contribution in [1.29, 1.82) is 0 Å². The molecule has 1 amide bonds. The zero-order valence-electron chi connectivity index (χ0n) is 16.6. The van der Waals surface area contributed by atoms with Gasteiger partial charge in [0, 0.05) is 45.8 Å². The molecular formula is C21H30N4O3. The Hall–Kier alpha value is -2.28. The van der Waals surface area contributed by atoms with Crippen molar-refractivity contribution in [1.82, 2.24) is 15.1 Å². The molecule has 152 valence electrons. The summed E-state index contributed by atoms with van der Waals surface area (Å²) in [5, 5.41) is 3.39. The van der Waals surface area contributed by atoms with Crippen molar-refractivity contribution in [3.8, 4) is 5.75 Å². The number of hydrogen-bond acceptors (Lipinski definition) is 4. The van der Waals surface area contributed by atoms with Crippen LogP contribution in [0.5, 0.6) is 5.75 Å². The number of nitrogens with one attached hydrogen (secondary N) is 1. The first kappa shape index (κ1) is 19.1. The van der Waals surface area contributed by atoms with E-state index >= 15 is 0 Å². The van der Waals surface area contributed by atoms with E-state index in [9.17, 15) is 4.79 Å². The van der Waals surface area contributed by atoms with Gasteiger partial charge < -0.3 is 24.6 Å². The third-order valence-corrected chi connectivity index (χ3v) is 5.59. The number of carbonyl (C=O) groups is 1. The van der Waals surface area contributed by atoms with E-state index in [0.29, 0.717) is 26.2 Å². The summed E-state index contributed by atoms with van der Waals surface area (Å²) in [6, 6.07) is 8.20. The van der Waals surface area contributed by atoms with Crippen molar-refractivity contribution in [2.24, 2.45) is 4.99 Å². The lowest BCUT2D eigenvalue weighted by atomic mass is 10.1. The van der Waals surface area contributed by atoms with Crippen LogP contribution < -0.4 is 10.1 Å². The van der Waals surface area contributed by atoms with Crippen LogP contribution in [0.2, 0.25) is 0 Å².